The van der Waals surface area contributed by atoms with Crippen LogP contribution in [-0.2, 0) is 14.2 Å². The molecule has 1 heterocycles. The molecule has 0 saturated carbocycles. The standard InChI is InChI=1S/C8H12Cl2O3/c1-11-5-12-4-6-2-3-7(13-6)8(9)10/h6H,2-5H2,1H3/t6-/m0/s1. The van der Waals surface area contributed by atoms with Crippen molar-refractivity contribution < 1.29 is 14.2 Å². The lowest BCUT2D eigenvalue weighted by atomic mass is 10.2. The largest absolute Gasteiger partial charge is 0.490 e. The zero-order valence-corrected chi connectivity index (χ0v) is 8.90. The van der Waals surface area contributed by atoms with Gasteiger partial charge in [0, 0.05) is 13.5 Å². The number of halogens is 2. The Hall–Kier alpha value is 0.0400. The van der Waals surface area contributed by atoms with Gasteiger partial charge in [-0.3, -0.25) is 0 Å². The van der Waals surface area contributed by atoms with Gasteiger partial charge in [0.15, 0.2) is 0 Å². The molecule has 0 spiro atoms. The van der Waals surface area contributed by atoms with Crippen LogP contribution in [0.3, 0.4) is 0 Å². The van der Waals surface area contributed by atoms with Crippen LogP contribution >= 0.6 is 23.2 Å². The Morgan fingerprint density at radius 1 is 1.62 bits per heavy atom. The molecule has 0 radical (unpaired) electrons. The van der Waals surface area contributed by atoms with Crippen LogP contribution in [0.4, 0.5) is 0 Å². The third kappa shape index (κ3) is 3.73. The first-order valence-electron chi connectivity index (χ1n) is 4.01. The molecule has 0 aliphatic carbocycles. The SMILES string of the molecule is COCOC[C@@H]1CCC(=C(Cl)Cl)O1. The highest BCUT2D eigenvalue weighted by atomic mass is 35.5. The zero-order valence-electron chi connectivity index (χ0n) is 7.39. The molecule has 1 saturated heterocycles. The molecular formula is C8H12Cl2O3. The summed E-state index contributed by atoms with van der Waals surface area (Å²) in [4.78, 5) is 0. The Kier molecular flexibility index (Phi) is 4.88. The molecule has 0 aromatic heterocycles. The molecule has 1 atom stereocenters. The summed E-state index contributed by atoms with van der Waals surface area (Å²) in [6, 6.07) is 0. The number of methoxy groups -OCH3 is 1. The molecule has 76 valence electrons. The average Bonchev–Trinajstić information content (AvgIpc) is 2.53. The molecule has 5 heteroatoms. The summed E-state index contributed by atoms with van der Waals surface area (Å²) in [6.07, 6.45) is 1.73. The summed E-state index contributed by atoms with van der Waals surface area (Å²) in [5.41, 5.74) is 0. The average molecular weight is 227 g/mol. The minimum absolute atomic E-state index is 0.0534. The second kappa shape index (κ2) is 5.70. The molecule has 1 fully saturated rings. The lowest BCUT2D eigenvalue weighted by Gasteiger charge is -2.10. The van der Waals surface area contributed by atoms with E-state index in [0.717, 1.165) is 12.8 Å². The molecule has 1 aliphatic heterocycles. The Morgan fingerprint density at radius 2 is 2.38 bits per heavy atom. The smallest absolute Gasteiger partial charge is 0.146 e. The van der Waals surface area contributed by atoms with Crippen LogP contribution in [0.1, 0.15) is 12.8 Å². The van der Waals surface area contributed by atoms with E-state index in [0.29, 0.717) is 12.4 Å². The fourth-order valence-corrected chi connectivity index (χ4v) is 1.41. The Morgan fingerprint density at radius 3 is 2.92 bits per heavy atom. The summed E-state index contributed by atoms with van der Waals surface area (Å²) in [5.74, 6) is 0.661. The van der Waals surface area contributed by atoms with E-state index in [4.69, 9.17) is 37.4 Å². The van der Waals surface area contributed by atoms with Gasteiger partial charge in [0.25, 0.3) is 0 Å². The van der Waals surface area contributed by atoms with E-state index in [9.17, 15) is 0 Å². The van der Waals surface area contributed by atoms with Crippen LogP contribution in [0.25, 0.3) is 0 Å². The van der Waals surface area contributed by atoms with Gasteiger partial charge in [-0.25, -0.2) is 0 Å². The molecule has 1 rings (SSSR count). The third-order valence-corrected chi connectivity index (χ3v) is 2.14. The second-order valence-corrected chi connectivity index (χ2v) is 3.69. The normalized spacial score (nSPS) is 21.8. The minimum atomic E-state index is 0.0534. The maximum absolute atomic E-state index is 5.57. The quantitative estimate of drug-likeness (QED) is 0.545. The van der Waals surface area contributed by atoms with Gasteiger partial charge < -0.3 is 14.2 Å². The summed E-state index contributed by atoms with van der Waals surface area (Å²) >= 11 is 11.1. The van der Waals surface area contributed by atoms with Crippen molar-refractivity contribution in [3.05, 3.63) is 10.3 Å². The van der Waals surface area contributed by atoms with Crippen molar-refractivity contribution in [2.24, 2.45) is 0 Å². The summed E-state index contributed by atoms with van der Waals surface area (Å²) in [5, 5.41) is 0. The number of allylic oxidation sites excluding steroid dienone is 1. The van der Waals surface area contributed by atoms with Gasteiger partial charge in [0.1, 0.15) is 23.1 Å². The first-order valence-corrected chi connectivity index (χ1v) is 4.77. The molecule has 3 nitrogen and oxygen atoms in total. The van der Waals surface area contributed by atoms with Crippen molar-refractivity contribution in [3.8, 4) is 0 Å². The molecule has 0 unspecified atom stereocenters. The van der Waals surface area contributed by atoms with Crippen LogP contribution < -0.4 is 0 Å². The van der Waals surface area contributed by atoms with E-state index in [1.54, 1.807) is 7.11 Å². The number of hydrogen-bond donors (Lipinski definition) is 0. The highest BCUT2D eigenvalue weighted by molar-refractivity contribution is 6.56. The van der Waals surface area contributed by atoms with Gasteiger partial charge in [0.05, 0.1) is 6.61 Å². The topological polar surface area (TPSA) is 27.7 Å². The van der Waals surface area contributed by atoms with Crippen LogP contribution in [0, 0.1) is 0 Å². The lowest BCUT2D eigenvalue weighted by molar-refractivity contribution is -0.0600. The van der Waals surface area contributed by atoms with Gasteiger partial charge in [-0.2, -0.15) is 0 Å². The number of ether oxygens (including phenoxy) is 3. The first-order chi connectivity index (χ1) is 6.24. The fourth-order valence-electron chi connectivity index (χ4n) is 1.13. The Labute approximate surface area is 87.5 Å². The third-order valence-electron chi connectivity index (χ3n) is 1.72. The van der Waals surface area contributed by atoms with E-state index in [1.165, 1.54) is 0 Å². The van der Waals surface area contributed by atoms with E-state index >= 15 is 0 Å². The highest BCUT2D eigenvalue weighted by Crippen LogP contribution is 2.29. The van der Waals surface area contributed by atoms with Crippen molar-refractivity contribution >= 4 is 23.2 Å². The molecule has 0 N–H and O–H groups in total. The molecule has 0 bridgehead atoms. The monoisotopic (exact) mass is 226 g/mol. The molecular weight excluding hydrogens is 215 g/mol. The first kappa shape index (κ1) is 11.1. The predicted molar refractivity (Wildman–Crippen MR) is 50.7 cm³/mol. The highest BCUT2D eigenvalue weighted by Gasteiger charge is 2.22. The fraction of sp³-hybridized carbons (Fsp3) is 0.750. The minimum Gasteiger partial charge on any atom is -0.490 e. The van der Waals surface area contributed by atoms with Crippen LogP contribution in [0.2, 0.25) is 0 Å². The summed E-state index contributed by atoms with van der Waals surface area (Å²) in [7, 11) is 1.58. The van der Waals surface area contributed by atoms with E-state index in [1.807, 2.05) is 0 Å². The van der Waals surface area contributed by atoms with Crippen LogP contribution in [0.15, 0.2) is 10.3 Å². The number of hydrogen-bond acceptors (Lipinski definition) is 3. The van der Waals surface area contributed by atoms with E-state index < -0.39 is 0 Å². The molecule has 13 heavy (non-hydrogen) atoms. The molecule has 0 aromatic rings. The molecule has 1 aliphatic rings. The van der Waals surface area contributed by atoms with E-state index in [2.05, 4.69) is 0 Å². The molecule has 0 amide bonds. The van der Waals surface area contributed by atoms with Gasteiger partial charge in [-0.1, -0.05) is 23.2 Å². The van der Waals surface area contributed by atoms with Crippen molar-refractivity contribution in [1.29, 1.82) is 0 Å². The summed E-state index contributed by atoms with van der Waals surface area (Å²) < 4.78 is 15.5. The Balaban J connectivity index is 2.22. The zero-order chi connectivity index (χ0) is 9.68. The van der Waals surface area contributed by atoms with Crippen molar-refractivity contribution in [3.63, 3.8) is 0 Å². The van der Waals surface area contributed by atoms with Crippen molar-refractivity contribution in [1.82, 2.24) is 0 Å². The van der Waals surface area contributed by atoms with Crippen LogP contribution in [-0.4, -0.2) is 26.6 Å². The van der Waals surface area contributed by atoms with Crippen molar-refractivity contribution in [2.75, 3.05) is 20.5 Å². The second-order valence-electron chi connectivity index (χ2n) is 2.74. The predicted octanol–water partition coefficient (Wildman–Crippen LogP) is 2.43. The summed E-state index contributed by atoms with van der Waals surface area (Å²) in [6.45, 7) is 0.798. The van der Waals surface area contributed by atoms with Crippen molar-refractivity contribution in [2.45, 2.75) is 18.9 Å². The number of rotatable bonds is 4. The van der Waals surface area contributed by atoms with Gasteiger partial charge in [-0.05, 0) is 6.42 Å². The molecule has 0 aromatic carbocycles. The maximum atomic E-state index is 5.57. The maximum Gasteiger partial charge on any atom is 0.146 e. The van der Waals surface area contributed by atoms with Crippen LogP contribution in [0.5, 0.6) is 0 Å². The van der Waals surface area contributed by atoms with Gasteiger partial charge in [-0.15, -0.1) is 0 Å². The van der Waals surface area contributed by atoms with Gasteiger partial charge >= 0.3 is 0 Å². The van der Waals surface area contributed by atoms with E-state index in [-0.39, 0.29) is 17.4 Å². The van der Waals surface area contributed by atoms with Gasteiger partial charge in [0.2, 0.25) is 0 Å². The lowest BCUT2D eigenvalue weighted by Crippen LogP contribution is -2.14. The Bertz CT molecular complexity index is 190.